The van der Waals surface area contributed by atoms with E-state index in [4.69, 9.17) is 5.11 Å². The van der Waals surface area contributed by atoms with E-state index in [0.29, 0.717) is 23.9 Å². The summed E-state index contributed by atoms with van der Waals surface area (Å²) in [5.74, 6) is 1.10. The molecule has 1 atom stereocenters. The first-order valence-corrected chi connectivity index (χ1v) is 4.97. The van der Waals surface area contributed by atoms with E-state index in [1.54, 1.807) is 0 Å². The second-order valence-electron chi connectivity index (χ2n) is 5.29. The lowest BCUT2D eigenvalue weighted by Crippen LogP contribution is -2.16. The lowest BCUT2D eigenvalue weighted by atomic mass is 9.83. The second kappa shape index (κ2) is 4.86. The van der Waals surface area contributed by atoms with Gasteiger partial charge >= 0.3 is 0 Å². The number of aliphatic hydroxyl groups is 1. The van der Waals surface area contributed by atoms with Crippen molar-refractivity contribution >= 4 is 0 Å². The van der Waals surface area contributed by atoms with Crippen LogP contribution in [0.4, 0.5) is 0 Å². The molecule has 0 spiro atoms. The lowest BCUT2D eigenvalue weighted by Gasteiger charge is -2.24. The Kier molecular flexibility index (Phi) is 4.84. The maximum absolute atomic E-state index is 9.09. The second-order valence-corrected chi connectivity index (χ2v) is 5.29. The predicted octanol–water partition coefficient (Wildman–Crippen LogP) is 3.08. The monoisotopic (exact) mass is 172 g/mol. The van der Waals surface area contributed by atoms with Gasteiger partial charge in [-0.05, 0) is 30.1 Å². The number of rotatable bonds is 4. The molecule has 0 aromatic carbocycles. The van der Waals surface area contributed by atoms with Crippen molar-refractivity contribution in [2.75, 3.05) is 6.61 Å². The fourth-order valence-corrected chi connectivity index (χ4v) is 1.25. The van der Waals surface area contributed by atoms with E-state index < -0.39 is 0 Å². The third-order valence-corrected chi connectivity index (χ3v) is 2.44. The van der Waals surface area contributed by atoms with Gasteiger partial charge in [-0.15, -0.1) is 0 Å². The predicted molar refractivity (Wildman–Crippen MR) is 54.1 cm³/mol. The zero-order chi connectivity index (χ0) is 9.78. The molecule has 74 valence electrons. The van der Waals surface area contributed by atoms with Gasteiger partial charge in [-0.2, -0.15) is 0 Å². The molecule has 0 bridgehead atoms. The van der Waals surface area contributed by atoms with E-state index in [0.717, 1.165) is 6.42 Å². The highest BCUT2D eigenvalue weighted by Gasteiger charge is 2.16. The summed E-state index contributed by atoms with van der Waals surface area (Å²) in [6.45, 7) is 11.5. The highest BCUT2D eigenvalue weighted by atomic mass is 16.3. The van der Waals surface area contributed by atoms with Gasteiger partial charge in [0.2, 0.25) is 0 Å². The van der Waals surface area contributed by atoms with E-state index >= 15 is 0 Å². The zero-order valence-corrected chi connectivity index (χ0v) is 9.22. The molecular weight excluding hydrogens is 148 g/mol. The normalized spacial score (nSPS) is 15.2. The van der Waals surface area contributed by atoms with Crippen molar-refractivity contribution in [1.29, 1.82) is 0 Å². The van der Waals surface area contributed by atoms with Gasteiger partial charge in [0.1, 0.15) is 0 Å². The van der Waals surface area contributed by atoms with E-state index in [1.807, 2.05) is 0 Å². The maximum atomic E-state index is 9.09. The highest BCUT2D eigenvalue weighted by molar-refractivity contribution is 4.67. The largest absolute Gasteiger partial charge is 0.396 e. The molecule has 0 amide bonds. The summed E-state index contributed by atoms with van der Waals surface area (Å²) in [6.07, 6.45) is 2.36. The molecule has 1 unspecified atom stereocenters. The molecule has 12 heavy (non-hydrogen) atoms. The van der Waals surface area contributed by atoms with Crippen molar-refractivity contribution < 1.29 is 5.11 Å². The molecule has 0 saturated heterocycles. The van der Waals surface area contributed by atoms with Gasteiger partial charge in [0, 0.05) is 6.61 Å². The summed E-state index contributed by atoms with van der Waals surface area (Å²) < 4.78 is 0. The summed E-state index contributed by atoms with van der Waals surface area (Å²) in [4.78, 5) is 0. The standard InChI is InChI=1S/C11H24O/c1-9(2)10(8-12)6-7-11(3,4)5/h9-10,12H,6-8H2,1-5H3. The first-order chi connectivity index (χ1) is 5.37. The van der Waals surface area contributed by atoms with Gasteiger partial charge in [0.15, 0.2) is 0 Å². The summed E-state index contributed by atoms with van der Waals surface area (Å²) >= 11 is 0. The molecule has 0 rings (SSSR count). The molecule has 0 aliphatic rings. The van der Waals surface area contributed by atoms with Crippen molar-refractivity contribution in [2.45, 2.75) is 47.5 Å². The van der Waals surface area contributed by atoms with Gasteiger partial charge in [-0.25, -0.2) is 0 Å². The molecule has 0 radical (unpaired) electrons. The summed E-state index contributed by atoms with van der Waals surface area (Å²) in [5, 5.41) is 9.09. The van der Waals surface area contributed by atoms with Gasteiger partial charge in [-0.3, -0.25) is 0 Å². The molecule has 0 fully saturated rings. The van der Waals surface area contributed by atoms with Crippen LogP contribution >= 0.6 is 0 Å². The van der Waals surface area contributed by atoms with Gasteiger partial charge in [0.05, 0.1) is 0 Å². The highest BCUT2D eigenvalue weighted by Crippen LogP contribution is 2.26. The van der Waals surface area contributed by atoms with Crippen LogP contribution in [-0.2, 0) is 0 Å². The van der Waals surface area contributed by atoms with Crippen LogP contribution in [0.3, 0.4) is 0 Å². The molecule has 1 nitrogen and oxygen atoms in total. The fourth-order valence-electron chi connectivity index (χ4n) is 1.25. The van der Waals surface area contributed by atoms with E-state index in [1.165, 1.54) is 6.42 Å². The summed E-state index contributed by atoms with van der Waals surface area (Å²) in [7, 11) is 0. The smallest absolute Gasteiger partial charge is 0.0461 e. The van der Waals surface area contributed by atoms with Crippen LogP contribution in [0, 0.1) is 17.3 Å². The Morgan fingerprint density at radius 3 is 1.92 bits per heavy atom. The minimum absolute atomic E-state index is 0.341. The molecule has 0 heterocycles. The molecule has 0 aliphatic heterocycles. The lowest BCUT2D eigenvalue weighted by molar-refractivity contribution is 0.165. The van der Waals surface area contributed by atoms with E-state index in [9.17, 15) is 0 Å². The first kappa shape index (κ1) is 12.0. The Morgan fingerprint density at radius 2 is 1.67 bits per heavy atom. The molecular formula is C11H24O. The summed E-state index contributed by atoms with van der Waals surface area (Å²) in [6, 6.07) is 0. The SMILES string of the molecule is CC(C)C(CO)CCC(C)(C)C. The van der Waals surface area contributed by atoms with Crippen LogP contribution in [0.15, 0.2) is 0 Å². The molecule has 0 aromatic rings. The van der Waals surface area contributed by atoms with Crippen molar-refractivity contribution in [3.05, 3.63) is 0 Å². The first-order valence-electron chi connectivity index (χ1n) is 4.97. The van der Waals surface area contributed by atoms with Crippen molar-refractivity contribution in [3.63, 3.8) is 0 Å². The number of hydrogen-bond donors (Lipinski definition) is 1. The Labute approximate surface area is 77.2 Å². The topological polar surface area (TPSA) is 20.2 Å². The zero-order valence-electron chi connectivity index (χ0n) is 9.22. The number of aliphatic hydroxyl groups excluding tert-OH is 1. The third-order valence-electron chi connectivity index (χ3n) is 2.44. The van der Waals surface area contributed by atoms with Gasteiger partial charge in [0.25, 0.3) is 0 Å². The third kappa shape index (κ3) is 5.59. The average molecular weight is 172 g/mol. The van der Waals surface area contributed by atoms with Crippen molar-refractivity contribution in [1.82, 2.24) is 0 Å². The average Bonchev–Trinajstić information content (AvgIpc) is 1.85. The van der Waals surface area contributed by atoms with E-state index in [-0.39, 0.29) is 0 Å². The van der Waals surface area contributed by atoms with Crippen molar-refractivity contribution in [3.8, 4) is 0 Å². The molecule has 0 aromatic heterocycles. The maximum Gasteiger partial charge on any atom is 0.0461 e. The Morgan fingerprint density at radius 1 is 1.17 bits per heavy atom. The van der Waals surface area contributed by atoms with Crippen LogP contribution in [0.25, 0.3) is 0 Å². The number of hydrogen-bond acceptors (Lipinski definition) is 1. The Bertz CT molecular complexity index is 111. The molecule has 0 saturated carbocycles. The van der Waals surface area contributed by atoms with Crippen LogP contribution < -0.4 is 0 Å². The van der Waals surface area contributed by atoms with Crippen LogP contribution in [0.1, 0.15) is 47.5 Å². The van der Waals surface area contributed by atoms with Gasteiger partial charge in [-0.1, -0.05) is 34.6 Å². The fraction of sp³-hybridized carbons (Fsp3) is 1.00. The minimum Gasteiger partial charge on any atom is -0.396 e. The minimum atomic E-state index is 0.341. The van der Waals surface area contributed by atoms with E-state index in [2.05, 4.69) is 34.6 Å². The Balaban J connectivity index is 3.73. The van der Waals surface area contributed by atoms with Crippen LogP contribution in [-0.4, -0.2) is 11.7 Å². The quantitative estimate of drug-likeness (QED) is 0.691. The van der Waals surface area contributed by atoms with Crippen LogP contribution in [0.5, 0.6) is 0 Å². The molecule has 1 heteroatoms. The van der Waals surface area contributed by atoms with Crippen LogP contribution in [0.2, 0.25) is 0 Å². The van der Waals surface area contributed by atoms with Gasteiger partial charge < -0.3 is 5.11 Å². The molecule has 0 aliphatic carbocycles. The summed E-state index contributed by atoms with van der Waals surface area (Å²) in [5.41, 5.74) is 0.405. The van der Waals surface area contributed by atoms with Crippen molar-refractivity contribution in [2.24, 2.45) is 17.3 Å². The Hall–Kier alpha value is -0.0400. The molecule has 1 N–H and O–H groups in total.